The first-order valence-corrected chi connectivity index (χ1v) is 10.5. The van der Waals surface area contributed by atoms with Crippen molar-refractivity contribution < 1.29 is 0 Å². The van der Waals surface area contributed by atoms with E-state index in [-0.39, 0.29) is 5.56 Å². The second-order valence-electron chi connectivity index (χ2n) is 7.66. The minimum absolute atomic E-state index is 0.102. The number of aryl methyl sites for hydroxylation is 2. The van der Waals surface area contributed by atoms with Gasteiger partial charge in [-0.1, -0.05) is 24.3 Å². The highest BCUT2D eigenvalue weighted by Crippen LogP contribution is 2.19. The molecule has 0 unspecified atom stereocenters. The summed E-state index contributed by atoms with van der Waals surface area (Å²) in [6.07, 6.45) is 3.56. The molecule has 5 nitrogen and oxygen atoms in total. The fraction of sp³-hybridized carbons (Fsp3) is 0.160. The van der Waals surface area contributed by atoms with Gasteiger partial charge in [0.1, 0.15) is 0 Å². The minimum atomic E-state index is -0.102. The number of pyridine rings is 2. The quantitative estimate of drug-likeness (QED) is 0.441. The van der Waals surface area contributed by atoms with Crippen molar-refractivity contribution in [3.05, 3.63) is 106 Å². The van der Waals surface area contributed by atoms with Crippen LogP contribution in [-0.4, -0.2) is 20.0 Å². The van der Waals surface area contributed by atoms with Gasteiger partial charge in [-0.05, 0) is 84.5 Å². The van der Waals surface area contributed by atoms with E-state index in [9.17, 15) is 4.79 Å². The molecule has 0 bridgehead atoms. The molecule has 4 rings (SSSR count). The fourth-order valence-corrected chi connectivity index (χ4v) is 3.73. The molecule has 0 aliphatic heterocycles. The monoisotopic (exact) mass is 428 g/mol. The van der Waals surface area contributed by atoms with Crippen LogP contribution in [0.1, 0.15) is 22.3 Å². The number of nitrogens with one attached hydrogen (secondary N) is 2. The molecule has 2 aromatic heterocycles. The molecule has 6 heteroatoms. The number of benzene rings is 2. The lowest BCUT2D eigenvalue weighted by Crippen LogP contribution is -2.35. The summed E-state index contributed by atoms with van der Waals surface area (Å²) < 4.78 is 0. The molecule has 0 amide bonds. The molecule has 0 atom stereocenters. The standard InChI is InChI=1S/C25H24N4OS/c1-17-11-20-13-21(24(30)28-23(20)12-18(17)2)16-29(15-19-7-6-10-26-14-19)25(31)27-22-8-4-3-5-9-22/h3-14H,15-16H2,1-2H3,(H,27,31)(H,28,30). The van der Waals surface area contributed by atoms with E-state index in [2.05, 4.69) is 28.3 Å². The van der Waals surface area contributed by atoms with Crippen LogP contribution in [0.15, 0.2) is 77.9 Å². The highest BCUT2D eigenvalue weighted by atomic mass is 32.1. The van der Waals surface area contributed by atoms with Gasteiger partial charge in [-0.15, -0.1) is 0 Å². The summed E-state index contributed by atoms with van der Waals surface area (Å²) in [7, 11) is 0. The van der Waals surface area contributed by atoms with Gasteiger partial charge in [-0.25, -0.2) is 0 Å². The Bertz CT molecular complexity index is 1270. The van der Waals surface area contributed by atoms with Crippen molar-refractivity contribution in [2.75, 3.05) is 5.32 Å². The van der Waals surface area contributed by atoms with Crippen LogP contribution in [-0.2, 0) is 13.1 Å². The van der Waals surface area contributed by atoms with Gasteiger partial charge in [0.25, 0.3) is 5.56 Å². The van der Waals surface area contributed by atoms with Crippen LogP contribution in [0.4, 0.5) is 5.69 Å². The van der Waals surface area contributed by atoms with E-state index in [0.29, 0.717) is 23.8 Å². The second-order valence-corrected chi connectivity index (χ2v) is 8.05. The van der Waals surface area contributed by atoms with Crippen LogP contribution >= 0.6 is 12.2 Å². The molecule has 2 heterocycles. The Morgan fingerprint density at radius 2 is 1.81 bits per heavy atom. The van der Waals surface area contributed by atoms with Crippen molar-refractivity contribution in [1.82, 2.24) is 14.9 Å². The van der Waals surface area contributed by atoms with Crippen LogP contribution in [0, 0.1) is 13.8 Å². The normalized spacial score (nSPS) is 10.8. The van der Waals surface area contributed by atoms with Crippen molar-refractivity contribution >= 4 is 33.9 Å². The predicted octanol–water partition coefficient (Wildman–Crippen LogP) is 4.94. The first-order chi connectivity index (χ1) is 15.0. The van der Waals surface area contributed by atoms with Gasteiger partial charge in [0.15, 0.2) is 5.11 Å². The van der Waals surface area contributed by atoms with Crippen molar-refractivity contribution in [3.8, 4) is 0 Å². The number of thiocarbonyl (C=S) groups is 1. The number of anilines is 1. The Kier molecular flexibility index (Phi) is 6.09. The summed E-state index contributed by atoms with van der Waals surface area (Å²) in [5, 5.41) is 4.85. The molecule has 0 saturated carbocycles. The first-order valence-electron chi connectivity index (χ1n) is 10.1. The van der Waals surface area contributed by atoms with E-state index in [1.807, 2.05) is 72.6 Å². The molecule has 0 saturated heterocycles. The van der Waals surface area contributed by atoms with Gasteiger partial charge in [0, 0.05) is 35.7 Å². The summed E-state index contributed by atoms with van der Waals surface area (Å²) in [6, 6.07) is 19.8. The molecule has 0 aliphatic rings. The van der Waals surface area contributed by atoms with Gasteiger partial charge in [0.2, 0.25) is 0 Å². The SMILES string of the molecule is Cc1cc2cc(CN(Cc3cccnc3)C(=S)Nc3ccccc3)c(=O)[nH]c2cc1C. The minimum Gasteiger partial charge on any atom is -0.340 e. The molecule has 0 spiro atoms. The topological polar surface area (TPSA) is 61.0 Å². The van der Waals surface area contributed by atoms with Crippen LogP contribution < -0.4 is 10.9 Å². The second kappa shape index (κ2) is 9.10. The largest absolute Gasteiger partial charge is 0.340 e. The number of H-pyrrole nitrogens is 1. The predicted molar refractivity (Wildman–Crippen MR) is 130 cm³/mol. The van der Waals surface area contributed by atoms with Crippen LogP contribution in [0.2, 0.25) is 0 Å². The summed E-state index contributed by atoms with van der Waals surface area (Å²) in [5.41, 5.74) is 5.68. The van der Waals surface area contributed by atoms with E-state index in [1.54, 1.807) is 6.20 Å². The van der Waals surface area contributed by atoms with Gasteiger partial charge in [-0.3, -0.25) is 9.78 Å². The average molecular weight is 429 g/mol. The Morgan fingerprint density at radius 1 is 1.03 bits per heavy atom. The van der Waals surface area contributed by atoms with Gasteiger partial charge >= 0.3 is 0 Å². The number of para-hydroxylation sites is 1. The van der Waals surface area contributed by atoms with Crippen molar-refractivity contribution in [2.45, 2.75) is 26.9 Å². The van der Waals surface area contributed by atoms with Gasteiger partial charge in [0.05, 0.1) is 6.54 Å². The molecule has 0 radical (unpaired) electrons. The third-order valence-electron chi connectivity index (χ3n) is 5.31. The van der Waals surface area contributed by atoms with Crippen LogP contribution in [0.3, 0.4) is 0 Å². The number of rotatable bonds is 5. The third kappa shape index (κ3) is 4.98. The summed E-state index contributed by atoms with van der Waals surface area (Å²) in [4.78, 5) is 22.1. The smallest absolute Gasteiger partial charge is 0.253 e. The first kappa shape index (κ1) is 20.8. The molecule has 2 aromatic carbocycles. The lowest BCUT2D eigenvalue weighted by molar-refractivity contribution is 0.410. The molecule has 4 aromatic rings. The van der Waals surface area contributed by atoms with Gasteiger partial charge < -0.3 is 15.2 Å². The number of nitrogens with zero attached hydrogens (tertiary/aromatic N) is 2. The van der Waals surface area contributed by atoms with E-state index >= 15 is 0 Å². The average Bonchev–Trinajstić information content (AvgIpc) is 2.76. The Labute approximate surface area is 186 Å². The fourth-order valence-electron chi connectivity index (χ4n) is 3.48. The van der Waals surface area contributed by atoms with Crippen molar-refractivity contribution in [1.29, 1.82) is 0 Å². The molecule has 156 valence electrons. The lowest BCUT2D eigenvalue weighted by Gasteiger charge is -2.26. The van der Waals surface area contributed by atoms with E-state index in [1.165, 1.54) is 5.56 Å². The van der Waals surface area contributed by atoms with Crippen LogP contribution in [0.5, 0.6) is 0 Å². The highest BCUT2D eigenvalue weighted by molar-refractivity contribution is 7.80. The number of aromatic nitrogens is 2. The van der Waals surface area contributed by atoms with Gasteiger partial charge in [-0.2, -0.15) is 0 Å². The zero-order valence-corrected chi connectivity index (χ0v) is 18.4. The number of aromatic amines is 1. The molecule has 31 heavy (non-hydrogen) atoms. The van der Waals surface area contributed by atoms with Crippen molar-refractivity contribution in [2.24, 2.45) is 0 Å². The van der Waals surface area contributed by atoms with E-state index < -0.39 is 0 Å². The lowest BCUT2D eigenvalue weighted by atomic mass is 10.0. The maximum Gasteiger partial charge on any atom is 0.253 e. The number of hydrogen-bond acceptors (Lipinski definition) is 3. The zero-order valence-electron chi connectivity index (χ0n) is 17.6. The summed E-state index contributed by atoms with van der Waals surface area (Å²) in [6.45, 7) is 5.04. The zero-order chi connectivity index (χ0) is 21.8. The summed E-state index contributed by atoms with van der Waals surface area (Å²) in [5.74, 6) is 0. The third-order valence-corrected chi connectivity index (χ3v) is 5.67. The van der Waals surface area contributed by atoms with Crippen LogP contribution in [0.25, 0.3) is 10.9 Å². The molecular formula is C25H24N4OS. The van der Waals surface area contributed by atoms with Crippen molar-refractivity contribution in [3.63, 3.8) is 0 Å². The van der Waals surface area contributed by atoms with E-state index in [0.717, 1.165) is 27.7 Å². The Balaban J connectivity index is 1.66. The highest BCUT2D eigenvalue weighted by Gasteiger charge is 2.15. The number of fused-ring (bicyclic) bond motifs is 1. The number of hydrogen-bond donors (Lipinski definition) is 2. The maximum absolute atomic E-state index is 12.8. The summed E-state index contributed by atoms with van der Waals surface area (Å²) >= 11 is 5.71. The Hall–Kier alpha value is -3.51. The molecule has 0 aliphatic carbocycles. The van der Waals surface area contributed by atoms with E-state index in [4.69, 9.17) is 12.2 Å². The maximum atomic E-state index is 12.8. The Morgan fingerprint density at radius 3 is 2.55 bits per heavy atom. The molecule has 2 N–H and O–H groups in total. The molecular weight excluding hydrogens is 404 g/mol. The molecule has 0 fully saturated rings.